The van der Waals surface area contributed by atoms with Crippen molar-refractivity contribution in [1.29, 1.82) is 0 Å². The topological polar surface area (TPSA) is 99.8 Å². The van der Waals surface area contributed by atoms with Crippen LogP contribution in [0.3, 0.4) is 0 Å². The number of ether oxygens (including phenoxy) is 8. The van der Waals surface area contributed by atoms with E-state index in [0.717, 1.165) is 75.2 Å². The summed E-state index contributed by atoms with van der Waals surface area (Å²) in [5.74, 6) is -5.89. The van der Waals surface area contributed by atoms with Gasteiger partial charge < -0.3 is 77.1 Å². The number of hydrogen-bond acceptors (Lipinski definition) is 16. The lowest BCUT2D eigenvalue weighted by Gasteiger charge is -2.29. The molecule has 16 nitrogen and oxygen atoms in total. The molecule has 0 aliphatic heterocycles. The summed E-state index contributed by atoms with van der Waals surface area (Å²) in [6, 6.07) is 35.5. The molecule has 86 heavy (non-hydrogen) atoms. The molecule has 0 saturated heterocycles. The third-order valence-corrected chi connectivity index (χ3v) is 14.7. The highest BCUT2D eigenvalue weighted by Gasteiger charge is 2.31. The molecule has 0 spiro atoms. The van der Waals surface area contributed by atoms with Crippen LogP contribution in [0.5, 0.6) is 0 Å². The Kier molecular flexibility index (Phi) is 36.8. The van der Waals surface area contributed by atoms with Crippen LogP contribution in [0.4, 0.5) is 74.4 Å². The average Bonchev–Trinajstić information content (AvgIpc) is 1.22. The van der Waals surface area contributed by atoms with Crippen molar-refractivity contribution in [2.45, 2.75) is 41.5 Å². The van der Waals surface area contributed by atoms with Crippen LogP contribution < -0.4 is 39.2 Å². The first-order valence-corrected chi connectivity index (χ1v) is 30.0. The second-order valence-corrected chi connectivity index (χ2v) is 19.8. The smallest absolute Gasteiger partial charge is 0.187 e. The maximum absolute atomic E-state index is 14.8. The molecule has 0 N–H and O–H groups in total. The predicted octanol–water partition coefficient (Wildman–Crippen LogP) is 12.0. The number of nitrogens with zero attached hydrogens (tertiary/aromatic N) is 8. The van der Waals surface area contributed by atoms with Gasteiger partial charge in [0.05, 0.1) is 52.9 Å². The molecule has 5 rings (SSSR count). The van der Waals surface area contributed by atoms with Gasteiger partial charge in [0.25, 0.3) is 0 Å². The van der Waals surface area contributed by atoms with Gasteiger partial charge in [-0.05, 0) is 139 Å². The molecular formula is C66H102F4N8O8. The number of anilines is 10. The summed E-state index contributed by atoms with van der Waals surface area (Å²) in [6.45, 7) is 26.0. The zero-order valence-electron chi connectivity index (χ0n) is 54.1. The van der Waals surface area contributed by atoms with E-state index in [1.54, 1.807) is 28.4 Å². The number of methoxy groups -OCH3 is 8. The molecular weight excluding hydrogens is 1110 g/mol. The standard InChI is InChI=1S/C30H42N4.C18H28F4N2O4.C18H32N2O4/c1-7-31(8-2)25-13-19-28(20-14-25)34(29-21-15-26(16-22-29)32(9-3)10-4)30-23-17-27(18-24-30)33(11-5)12-6;1-25-9-5-23(6-10-26-2)17-13(19)15(21)18(16(22)14(17)20)24(7-11-27-3)8-12-28-4;1-21-13-9-19(10-14-22-2)17-5-7-18(8-6-17)20(11-15-23-3)12-16-24-4/h13-24H,7-12H2,1-6H3;5-12H2,1-4H3;5-8H,9-16H2,1-4H3. The van der Waals surface area contributed by atoms with Crippen molar-refractivity contribution in [1.82, 2.24) is 0 Å². The summed E-state index contributed by atoms with van der Waals surface area (Å²) in [7, 11) is 12.5. The summed E-state index contributed by atoms with van der Waals surface area (Å²) in [5.41, 5.74) is 8.08. The van der Waals surface area contributed by atoms with Crippen LogP contribution in [0.15, 0.2) is 97.1 Å². The zero-order valence-corrected chi connectivity index (χ0v) is 54.1. The summed E-state index contributed by atoms with van der Waals surface area (Å²) in [5, 5.41) is 0. The van der Waals surface area contributed by atoms with Crippen LogP contribution in [0.25, 0.3) is 0 Å². The highest BCUT2D eigenvalue weighted by atomic mass is 19.2. The highest BCUT2D eigenvalue weighted by molar-refractivity contribution is 5.79. The fourth-order valence-corrected chi connectivity index (χ4v) is 9.71. The normalized spacial score (nSPS) is 10.9. The van der Waals surface area contributed by atoms with Crippen molar-refractivity contribution in [3.8, 4) is 0 Å². The Bertz CT molecular complexity index is 2250. The van der Waals surface area contributed by atoms with Gasteiger partial charge in [-0.1, -0.05) is 0 Å². The molecule has 0 fully saturated rings. The largest absolute Gasteiger partial charge is 0.383 e. The first-order chi connectivity index (χ1) is 41.8. The summed E-state index contributed by atoms with van der Waals surface area (Å²) in [6.07, 6.45) is 0. The average molecular weight is 1210 g/mol. The van der Waals surface area contributed by atoms with Gasteiger partial charge in [-0.2, -0.15) is 0 Å². The Morgan fingerprint density at radius 2 is 0.384 bits per heavy atom. The highest BCUT2D eigenvalue weighted by Crippen LogP contribution is 2.38. The second kappa shape index (κ2) is 42.7. The van der Waals surface area contributed by atoms with Gasteiger partial charge in [-0.25, -0.2) is 17.6 Å². The van der Waals surface area contributed by atoms with Crippen molar-refractivity contribution in [3.63, 3.8) is 0 Å². The fraction of sp³-hybridized carbons (Fsp3) is 0.545. The molecule has 0 saturated carbocycles. The molecule has 5 aromatic carbocycles. The summed E-state index contributed by atoms with van der Waals surface area (Å²) < 4.78 is 99.8. The minimum absolute atomic E-state index is 0.0307. The first-order valence-electron chi connectivity index (χ1n) is 30.0. The van der Waals surface area contributed by atoms with E-state index in [-0.39, 0.29) is 52.6 Å². The molecule has 0 unspecified atom stereocenters. The minimum atomic E-state index is -1.47. The van der Waals surface area contributed by atoms with Gasteiger partial charge in [-0.15, -0.1) is 0 Å². The van der Waals surface area contributed by atoms with Crippen molar-refractivity contribution >= 4 is 56.9 Å². The molecule has 20 heteroatoms. The van der Waals surface area contributed by atoms with Crippen LogP contribution in [0.2, 0.25) is 0 Å². The van der Waals surface area contributed by atoms with E-state index in [0.29, 0.717) is 26.4 Å². The SMILES string of the molecule is CCN(CC)c1ccc(N(c2ccc(N(CC)CC)cc2)c2ccc(N(CC)CC)cc2)cc1.COCCN(CCOC)c1c(F)c(F)c(N(CCOC)CCOC)c(F)c1F.COCCN(CCOC)c1ccc(N(CCOC)CCOC)cc1. The van der Waals surface area contributed by atoms with Gasteiger partial charge in [0.2, 0.25) is 0 Å². The molecule has 0 bridgehead atoms. The Balaban J connectivity index is 0.000000344. The molecule has 0 radical (unpaired) electrons. The zero-order chi connectivity index (χ0) is 63.2. The summed E-state index contributed by atoms with van der Waals surface area (Å²) >= 11 is 0. The van der Waals surface area contributed by atoms with Crippen LogP contribution >= 0.6 is 0 Å². The van der Waals surface area contributed by atoms with E-state index in [4.69, 9.17) is 37.9 Å². The van der Waals surface area contributed by atoms with E-state index in [1.807, 2.05) is 0 Å². The van der Waals surface area contributed by atoms with Crippen molar-refractivity contribution in [2.75, 3.05) is 241 Å². The lowest BCUT2D eigenvalue weighted by molar-refractivity contribution is 0.188. The third kappa shape index (κ3) is 22.9. The number of rotatable bonds is 40. The molecule has 5 aromatic rings. The van der Waals surface area contributed by atoms with Gasteiger partial charge in [-0.3, -0.25) is 0 Å². The third-order valence-electron chi connectivity index (χ3n) is 14.7. The van der Waals surface area contributed by atoms with Gasteiger partial charge in [0.15, 0.2) is 23.3 Å². The van der Waals surface area contributed by atoms with Gasteiger partial charge in [0, 0.05) is 194 Å². The second-order valence-electron chi connectivity index (χ2n) is 19.8. The Hall–Kier alpha value is -6.10. The van der Waals surface area contributed by atoms with Crippen LogP contribution in [0.1, 0.15) is 41.5 Å². The minimum Gasteiger partial charge on any atom is -0.383 e. The maximum Gasteiger partial charge on any atom is 0.187 e. The van der Waals surface area contributed by atoms with Crippen molar-refractivity contribution < 1.29 is 55.5 Å². The lowest BCUT2D eigenvalue weighted by Crippen LogP contribution is -2.35. The van der Waals surface area contributed by atoms with E-state index < -0.39 is 34.6 Å². The lowest BCUT2D eigenvalue weighted by atomic mass is 10.1. The molecule has 0 aliphatic rings. The van der Waals surface area contributed by atoms with Gasteiger partial charge in [0.1, 0.15) is 11.4 Å². The first kappa shape index (κ1) is 74.2. The predicted molar refractivity (Wildman–Crippen MR) is 348 cm³/mol. The van der Waals surface area contributed by atoms with E-state index in [9.17, 15) is 17.6 Å². The molecule has 482 valence electrons. The summed E-state index contributed by atoms with van der Waals surface area (Å²) in [4.78, 5) is 16.3. The Labute approximate surface area is 512 Å². The molecule has 0 aliphatic carbocycles. The Morgan fingerprint density at radius 1 is 0.233 bits per heavy atom. The van der Waals surface area contributed by atoms with Crippen LogP contribution in [-0.4, -0.2) is 201 Å². The molecule has 0 atom stereocenters. The van der Waals surface area contributed by atoms with Crippen LogP contribution in [0, 0.1) is 23.3 Å². The number of benzene rings is 5. The maximum atomic E-state index is 14.8. The molecule has 0 amide bonds. The van der Waals surface area contributed by atoms with Gasteiger partial charge >= 0.3 is 0 Å². The molecule has 0 heterocycles. The van der Waals surface area contributed by atoms with Crippen molar-refractivity contribution in [2.24, 2.45) is 0 Å². The van der Waals surface area contributed by atoms with Crippen LogP contribution in [-0.2, 0) is 37.9 Å². The number of hydrogen-bond donors (Lipinski definition) is 0. The fourth-order valence-electron chi connectivity index (χ4n) is 9.71. The Morgan fingerprint density at radius 3 is 0.547 bits per heavy atom. The quantitative estimate of drug-likeness (QED) is 0.0275. The van der Waals surface area contributed by atoms with E-state index in [1.165, 1.54) is 73.9 Å². The van der Waals surface area contributed by atoms with E-state index >= 15 is 0 Å². The van der Waals surface area contributed by atoms with Crippen molar-refractivity contribution in [3.05, 3.63) is 120 Å². The molecule has 0 aromatic heterocycles. The monoisotopic (exact) mass is 1210 g/mol. The van der Waals surface area contributed by atoms with E-state index in [2.05, 4.69) is 168 Å². The number of halogens is 4.